The molecular weight excluding hydrogens is 494 g/mol. The summed E-state index contributed by atoms with van der Waals surface area (Å²) >= 11 is 0. The lowest BCUT2D eigenvalue weighted by molar-refractivity contribution is 0.102. The van der Waals surface area contributed by atoms with Gasteiger partial charge in [-0.1, -0.05) is 42.5 Å². The fourth-order valence-electron chi connectivity index (χ4n) is 4.20. The van der Waals surface area contributed by atoms with Gasteiger partial charge >= 0.3 is 6.01 Å². The van der Waals surface area contributed by atoms with Crippen molar-refractivity contribution in [3.63, 3.8) is 0 Å². The van der Waals surface area contributed by atoms with Crippen molar-refractivity contribution in [3.05, 3.63) is 101 Å². The Kier molecular flexibility index (Phi) is 8.60. The Hall–Kier alpha value is -4.50. The van der Waals surface area contributed by atoms with Gasteiger partial charge in [-0.2, -0.15) is 15.0 Å². The molecule has 1 N–H and O–H groups in total. The van der Waals surface area contributed by atoms with Gasteiger partial charge in [-0.05, 0) is 47.5 Å². The average molecular weight is 526 g/mol. The minimum atomic E-state index is -0.147. The molecule has 0 radical (unpaired) electrons. The number of nitrogens with one attached hydrogen (secondary N) is 1. The highest BCUT2D eigenvalue weighted by Crippen LogP contribution is 2.19. The molecule has 0 aliphatic carbocycles. The molecule has 39 heavy (non-hydrogen) atoms. The van der Waals surface area contributed by atoms with E-state index in [2.05, 4.69) is 20.2 Å². The largest absolute Gasteiger partial charge is 0.497 e. The van der Waals surface area contributed by atoms with E-state index < -0.39 is 0 Å². The van der Waals surface area contributed by atoms with Crippen LogP contribution in [-0.2, 0) is 17.6 Å². The Morgan fingerprint density at radius 1 is 0.923 bits per heavy atom. The fraction of sp³-hybridized carbons (Fsp3) is 0.267. The van der Waals surface area contributed by atoms with Gasteiger partial charge in [0.25, 0.3) is 5.91 Å². The summed E-state index contributed by atoms with van der Waals surface area (Å²) in [5.41, 5.74) is 3.45. The maximum atomic E-state index is 12.5. The van der Waals surface area contributed by atoms with Crippen molar-refractivity contribution in [2.24, 2.45) is 0 Å². The Labute approximate surface area is 227 Å². The predicted molar refractivity (Wildman–Crippen MR) is 149 cm³/mol. The second-order valence-electron chi connectivity index (χ2n) is 9.08. The number of hydrogen-bond acceptors (Lipinski definition) is 8. The number of methoxy groups -OCH3 is 1. The standard InChI is InChI=1S/C30H31N5O4/c1-37-26-9-5-6-22(20-26)14-17-39-30-33-27(32-29(34-30)35-15-18-38-19-16-35)21-23-10-12-25(13-11-23)31-28(36)24-7-3-2-4-8-24/h2-13,20H,14-19,21H2,1H3,(H,31,36). The Morgan fingerprint density at radius 2 is 1.72 bits per heavy atom. The van der Waals surface area contributed by atoms with E-state index in [0.717, 1.165) is 22.6 Å². The van der Waals surface area contributed by atoms with E-state index in [9.17, 15) is 4.79 Å². The van der Waals surface area contributed by atoms with Crippen LogP contribution in [0.5, 0.6) is 11.8 Å². The lowest BCUT2D eigenvalue weighted by atomic mass is 10.1. The first-order chi connectivity index (χ1) is 19.2. The maximum absolute atomic E-state index is 12.5. The van der Waals surface area contributed by atoms with E-state index in [-0.39, 0.29) is 5.91 Å². The number of amides is 1. The summed E-state index contributed by atoms with van der Waals surface area (Å²) in [6.07, 6.45) is 1.19. The van der Waals surface area contributed by atoms with Gasteiger partial charge in [-0.25, -0.2) is 0 Å². The number of anilines is 2. The second-order valence-corrected chi connectivity index (χ2v) is 9.08. The number of benzene rings is 3. The quantitative estimate of drug-likeness (QED) is 0.329. The zero-order chi connectivity index (χ0) is 26.9. The van der Waals surface area contributed by atoms with Crippen molar-refractivity contribution < 1.29 is 19.0 Å². The van der Waals surface area contributed by atoms with Crippen molar-refractivity contribution in [2.45, 2.75) is 12.8 Å². The van der Waals surface area contributed by atoms with Crippen LogP contribution >= 0.6 is 0 Å². The Balaban J connectivity index is 1.27. The second kappa shape index (κ2) is 12.8. The third-order valence-electron chi connectivity index (χ3n) is 6.31. The molecule has 0 unspecified atom stereocenters. The van der Waals surface area contributed by atoms with Gasteiger partial charge in [-0.15, -0.1) is 0 Å². The molecule has 9 nitrogen and oxygen atoms in total. The van der Waals surface area contributed by atoms with E-state index in [1.807, 2.05) is 66.7 Å². The van der Waals surface area contributed by atoms with Crippen LogP contribution in [0.2, 0.25) is 0 Å². The molecule has 1 fully saturated rings. The molecule has 3 aromatic carbocycles. The molecule has 0 spiro atoms. The van der Waals surface area contributed by atoms with Crippen molar-refractivity contribution in [1.29, 1.82) is 0 Å². The van der Waals surface area contributed by atoms with E-state index in [1.165, 1.54) is 0 Å². The molecule has 9 heteroatoms. The van der Waals surface area contributed by atoms with E-state index in [4.69, 9.17) is 19.2 Å². The molecule has 0 atom stereocenters. The van der Waals surface area contributed by atoms with Gasteiger partial charge in [0.1, 0.15) is 11.6 Å². The first kappa shape index (κ1) is 26.1. The van der Waals surface area contributed by atoms with Gasteiger partial charge in [0.05, 0.1) is 26.9 Å². The first-order valence-corrected chi connectivity index (χ1v) is 12.9. The van der Waals surface area contributed by atoms with Crippen molar-refractivity contribution >= 4 is 17.5 Å². The van der Waals surface area contributed by atoms with Crippen LogP contribution in [-0.4, -0.2) is 60.9 Å². The number of nitrogens with zero attached hydrogens (tertiary/aromatic N) is 4. The minimum absolute atomic E-state index is 0.147. The Morgan fingerprint density at radius 3 is 2.49 bits per heavy atom. The average Bonchev–Trinajstić information content (AvgIpc) is 2.99. The number of hydrogen-bond donors (Lipinski definition) is 1. The third kappa shape index (κ3) is 7.30. The van der Waals surface area contributed by atoms with Gasteiger partial charge < -0.3 is 24.4 Å². The molecule has 1 aromatic heterocycles. The monoisotopic (exact) mass is 525 g/mol. The summed E-state index contributed by atoms with van der Waals surface area (Å²) in [7, 11) is 1.66. The van der Waals surface area contributed by atoms with Gasteiger partial charge in [0, 0.05) is 37.2 Å². The highest BCUT2D eigenvalue weighted by Gasteiger charge is 2.17. The predicted octanol–water partition coefficient (Wildman–Crippen LogP) is 4.18. The van der Waals surface area contributed by atoms with Gasteiger partial charge in [0.2, 0.25) is 5.95 Å². The van der Waals surface area contributed by atoms with Crippen LogP contribution in [0.3, 0.4) is 0 Å². The molecule has 2 heterocycles. The molecule has 4 aromatic rings. The minimum Gasteiger partial charge on any atom is -0.497 e. The summed E-state index contributed by atoms with van der Waals surface area (Å²) in [5.74, 6) is 1.87. The summed E-state index contributed by atoms with van der Waals surface area (Å²) in [5, 5.41) is 2.93. The number of aromatic nitrogens is 3. The van der Waals surface area contributed by atoms with Crippen LogP contribution in [0.4, 0.5) is 11.6 Å². The summed E-state index contributed by atoms with van der Waals surface area (Å²) in [6.45, 7) is 3.10. The van der Waals surface area contributed by atoms with Crippen LogP contribution in [0.15, 0.2) is 78.9 Å². The third-order valence-corrected chi connectivity index (χ3v) is 6.31. The smallest absolute Gasteiger partial charge is 0.321 e. The molecular formula is C30H31N5O4. The SMILES string of the molecule is COc1cccc(CCOc2nc(Cc3ccc(NC(=O)c4ccccc4)cc3)nc(N3CCOCC3)n2)c1. The molecule has 0 saturated carbocycles. The zero-order valence-electron chi connectivity index (χ0n) is 21.9. The molecule has 0 bridgehead atoms. The number of carbonyl (C=O) groups excluding carboxylic acids is 1. The van der Waals surface area contributed by atoms with Gasteiger partial charge in [-0.3, -0.25) is 4.79 Å². The van der Waals surface area contributed by atoms with E-state index in [0.29, 0.717) is 69.1 Å². The fourth-order valence-corrected chi connectivity index (χ4v) is 4.20. The lowest BCUT2D eigenvalue weighted by Gasteiger charge is -2.27. The number of rotatable bonds is 10. The van der Waals surface area contributed by atoms with E-state index in [1.54, 1.807) is 19.2 Å². The summed E-state index contributed by atoms with van der Waals surface area (Å²) in [4.78, 5) is 28.5. The molecule has 5 rings (SSSR count). The molecule has 1 amide bonds. The number of ether oxygens (including phenoxy) is 3. The molecule has 1 saturated heterocycles. The summed E-state index contributed by atoms with van der Waals surface area (Å²) in [6, 6.07) is 25.0. The topological polar surface area (TPSA) is 98.7 Å². The summed E-state index contributed by atoms with van der Waals surface area (Å²) < 4.78 is 16.8. The maximum Gasteiger partial charge on any atom is 0.321 e. The molecule has 1 aliphatic rings. The van der Waals surface area contributed by atoms with Crippen LogP contribution in [0.1, 0.15) is 27.3 Å². The molecule has 200 valence electrons. The highest BCUT2D eigenvalue weighted by atomic mass is 16.5. The molecule has 1 aliphatic heterocycles. The van der Waals surface area contributed by atoms with Gasteiger partial charge in [0.15, 0.2) is 0 Å². The Bertz CT molecular complexity index is 1380. The van der Waals surface area contributed by atoms with Crippen LogP contribution in [0, 0.1) is 0 Å². The highest BCUT2D eigenvalue weighted by molar-refractivity contribution is 6.04. The van der Waals surface area contributed by atoms with Crippen LogP contribution in [0.25, 0.3) is 0 Å². The number of carbonyl (C=O) groups is 1. The van der Waals surface area contributed by atoms with Crippen molar-refractivity contribution in [2.75, 3.05) is 50.2 Å². The normalized spacial score (nSPS) is 13.1. The van der Waals surface area contributed by atoms with Crippen LogP contribution < -0.4 is 19.7 Å². The first-order valence-electron chi connectivity index (χ1n) is 12.9. The lowest BCUT2D eigenvalue weighted by Crippen LogP contribution is -2.37. The van der Waals surface area contributed by atoms with Crippen molar-refractivity contribution in [3.8, 4) is 11.8 Å². The zero-order valence-corrected chi connectivity index (χ0v) is 21.9. The van der Waals surface area contributed by atoms with E-state index >= 15 is 0 Å². The van der Waals surface area contributed by atoms with Crippen molar-refractivity contribution in [1.82, 2.24) is 15.0 Å². The number of morpholine rings is 1.